The molecule has 2 aromatic rings. The molecule has 0 atom stereocenters. The van der Waals surface area contributed by atoms with Gasteiger partial charge in [0.1, 0.15) is 5.75 Å². The predicted molar refractivity (Wildman–Crippen MR) is 86.7 cm³/mol. The number of hydrogen-bond acceptors (Lipinski definition) is 5. The molecule has 0 aliphatic carbocycles. The Labute approximate surface area is 136 Å². The Morgan fingerprint density at radius 3 is 2.04 bits per heavy atom. The van der Waals surface area contributed by atoms with Crippen LogP contribution in [-0.4, -0.2) is 36.2 Å². The van der Waals surface area contributed by atoms with Crippen molar-refractivity contribution in [2.24, 2.45) is 0 Å². The number of hydrogen-bond donors (Lipinski definition) is 1. The smallest absolute Gasteiger partial charge is 0.240 e. The van der Waals surface area contributed by atoms with E-state index < -0.39 is 19.9 Å². The summed E-state index contributed by atoms with van der Waals surface area (Å²) in [5.74, 6) is 0.222. The first kappa shape index (κ1) is 17.5. The molecule has 0 heterocycles. The van der Waals surface area contributed by atoms with Crippen molar-refractivity contribution < 1.29 is 21.6 Å². The van der Waals surface area contributed by atoms with Gasteiger partial charge in [-0.1, -0.05) is 18.2 Å². The highest BCUT2D eigenvalue weighted by Crippen LogP contribution is 2.16. The quantitative estimate of drug-likeness (QED) is 0.812. The molecule has 0 amide bonds. The van der Waals surface area contributed by atoms with E-state index >= 15 is 0 Å². The number of sulfone groups is 1. The van der Waals surface area contributed by atoms with Crippen LogP contribution < -0.4 is 9.46 Å². The molecule has 23 heavy (non-hydrogen) atoms. The van der Waals surface area contributed by atoms with Crippen LogP contribution in [0.2, 0.25) is 0 Å². The zero-order chi connectivity index (χ0) is 16.9. The summed E-state index contributed by atoms with van der Waals surface area (Å²) in [6, 6.07) is 13.7. The van der Waals surface area contributed by atoms with Crippen molar-refractivity contribution in [2.75, 3.05) is 19.4 Å². The number of ether oxygens (including phenoxy) is 1. The second-order valence-electron chi connectivity index (χ2n) is 4.71. The molecule has 0 fully saturated rings. The van der Waals surface area contributed by atoms with Gasteiger partial charge in [-0.2, -0.15) is 0 Å². The Morgan fingerprint density at radius 1 is 0.870 bits per heavy atom. The highest BCUT2D eigenvalue weighted by molar-refractivity contribution is 7.91. The third-order valence-electron chi connectivity index (χ3n) is 3.13. The molecule has 0 radical (unpaired) electrons. The summed E-state index contributed by atoms with van der Waals surface area (Å²) in [5.41, 5.74) is 0. The lowest BCUT2D eigenvalue weighted by Crippen LogP contribution is -2.29. The van der Waals surface area contributed by atoms with Gasteiger partial charge < -0.3 is 4.74 Å². The Morgan fingerprint density at radius 2 is 1.48 bits per heavy atom. The summed E-state index contributed by atoms with van der Waals surface area (Å²) < 4.78 is 55.7. The van der Waals surface area contributed by atoms with Gasteiger partial charge in [0.25, 0.3) is 0 Å². The zero-order valence-electron chi connectivity index (χ0n) is 12.5. The van der Waals surface area contributed by atoms with Crippen LogP contribution in [0.15, 0.2) is 64.4 Å². The third kappa shape index (κ3) is 4.54. The van der Waals surface area contributed by atoms with E-state index in [1.165, 1.54) is 31.4 Å². The zero-order valence-corrected chi connectivity index (χ0v) is 14.1. The average molecular weight is 355 g/mol. The molecule has 124 valence electrons. The molecule has 2 aromatic carbocycles. The molecule has 0 saturated carbocycles. The number of benzene rings is 2. The van der Waals surface area contributed by atoms with Crippen molar-refractivity contribution in [2.45, 2.75) is 9.79 Å². The van der Waals surface area contributed by atoms with Gasteiger partial charge in [0, 0.05) is 6.54 Å². The van der Waals surface area contributed by atoms with Gasteiger partial charge in [-0.3, -0.25) is 0 Å². The van der Waals surface area contributed by atoms with E-state index in [2.05, 4.69) is 4.72 Å². The van der Waals surface area contributed by atoms with Crippen LogP contribution in [0.4, 0.5) is 0 Å². The molecule has 0 aliphatic rings. The lowest BCUT2D eigenvalue weighted by Gasteiger charge is -2.08. The molecule has 8 heteroatoms. The maximum atomic E-state index is 12.2. The Balaban J connectivity index is 2.02. The molecular weight excluding hydrogens is 338 g/mol. The summed E-state index contributed by atoms with van der Waals surface area (Å²) >= 11 is 0. The predicted octanol–water partition coefficient (Wildman–Crippen LogP) is 1.45. The number of nitrogens with one attached hydrogen (secondary N) is 1. The lowest BCUT2D eigenvalue weighted by molar-refractivity contribution is 0.414. The van der Waals surface area contributed by atoms with Crippen molar-refractivity contribution in [1.29, 1.82) is 0 Å². The molecule has 0 saturated heterocycles. The molecule has 0 aliphatic heterocycles. The monoisotopic (exact) mass is 355 g/mol. The van der Waals surface area contributed by atoms with Crippen LogP contribution in [0.1, 0.15) is 0 Å². The Hall–Kier alpha value is -1.90. The molecule has 1 N–H and O–H groups in total. The van der Waals surface area contributed by atoms with Crippen LogP contribution >= 0.6 is 0 Å². The van der Waals surface area contributed by atoms with E-state index in [-0.39, 0.29) is 22.1 Å². The van der Waals surface area contributed by atoms with Crippen molar-refractivity contribution in [3.8, 4) is 5.75 Å². The van der Waals surface area contributed by atoms with E-state index in [0.717, 1.165) is 0 Å². The number of methoxy groups -OCH3 is 1. The fourth-order valence-electron chi connectivity index (χ4n) is 1.89. The molecule has 6 nitrogen and oxygen atoms in total. The van der Waals surface area contributed by atoms with Gasteiger partial charge >= 0.3 is 0 Å². The van der Waals surface area contributed by atoms with Gasteiger partial charge in [0.05, 0.1) is 22.7 Å². The molecule has 0 bridgehead atoms. The van der Waals surface area contributed by atoms with Gasteiger partial charge in [-0.15, -0.1) is 0 Å². The highest BCUT2D eigenvalue weighted by Gasteiger charge is 2.17. The van der Waals surface area contributed by atoms with Gasteiger partial charge in [0.15, 0.2) is 9.84 Å². The first-order valence-corrected chi connectivity index (χ1v) is 9.90. The fraction of sp³-hybridized carbons (Fsp3) is 0.200. The van der Waals surface area contributed by atoms with E-state index in [4.69, 9.17) is 4.74 Å². The molecular formula is C15H17NO5S2. The lowest BCUT2D eigenvalue weighted by atomic mass is 10.3. The third-order valence-corrected chi connectivity index (χ3v) is 6.34. The van der Waals surface area contributed by atoms with Crippen molar-refractivity contribution in [3.05, 3.63) is 54.6 Å². The topological polar surface area (TPSA) is 89.5 Å². The normalized spacial score (nSPS) is 12.0. The van der Waals surface area contributed by atoms with Crippen LogP contribution in [0.3, 0.4) is 0 Å². The molecule has 0 spiro atoms. The van der Waals surface area contributed by atoms with Crippen LogP contribution in [-0.2, 0) is 19.9 Å². The van der Waals surface area contributed by atoms with Crippen molar-refractivity contribution in [1.82, 2.24) is 4.72 Å². The summed E-state index contributed by atoms with van der Waals surface area (Å²) in [6.07, 6.45) is 0. The first-order chi connectivity index (χ1) is 10.8. The van der Waals surface area contributed by atoms with Crippen molar-refractivity contribution in [3.63, 3.8) is 0 Å². The Kier molecular flexibility index (Phi) is 5.40. The van der Waals surface area contributed by atoms with Gasteiger partial charge in [-0.25, -0.2) is 21.6 Å². The van der Waals surface area contributed by atoms with Gasteiger partial charge in [-0.05, 0) is 36.4 Å². The minimum absolute atomic E-state index is 0.0989. The maximum Gasteiger partial charge on any atom is 0.240 e. The van der Waals surface area contributed by atoms with E-state index in [0.29, 0.717) is 5.75 Å². The second kappa shape index (κ2) is 7.12. The maximum absolute atomic E-state index is 12.2. The minimum atomic E-state index is -3.71. The first-order valence-electron chi connectivity index (χ1n) is 6.77. The second-order valence-corrected chi connectivity index (χ2v) is 8.58. The average Bonchev–Trinajstić information content (AvgIpc) is 2.55. The van der Waals surface area contributed by atoms with Gasteiger partial charge in [0.2, 0.25) is 10.0 Å². The van der Waals surface area contributed by atoms with E-state index in [1.807, 2.05) is 0 Å². The van der Waals surface area contributed by atoms with Crippen LogP contribution in [0, 0.1) is 0 Å². The van der Waals surface area contributed by atoms with Crippen molar-refractivity contribution >= 4 is 19.9 Å². The van der Waals surface area contributed by atoms with Crippen LogP contribution in [0.5, 0.6) is 5.75 Å². The highest BCUT2D eigenvalue weighted by atomic mass is 32.2. The largest absolute Gasteiger partial charge is 0.497 e. The molecule has 0 unspecified atom stereocenters. The summed E-state index contributed by atoms with van der Waals surface area (Å²) in [7, 11) is -5.79. The van der Waals surface area contributed by atoms with Crippen LogP contribution in [0.25, 0.3) is 0 Å². The minimum Gasteiger partial charge on any atom is -0.497 e. The summed E-state index contributed by atoms with van der Waals surface area (Å²) in [4.78, 5) is 0.221. The SMILES string of the molecule is COc1ccc(S(=O)(=O)CCNS(=O)(=O)c2ccccc2)cc1. The summed E-state index contributed by atoms with van der Waals surface area (Å²) in [6.45, 7) is -0.203. The Bertz CT molecular complexity index is 845. The fourth-order valence-corrected chi connectivity index (χ4v) is 4.23. The standard InChI is InChI=1S/C15H17NO5S2/c1-21-13-7-9-14(10-8-13)22(17,18)12-11-16-23(19,20)15-5-3-2-4-6-15/h2-10,16H,11-12H2,1H3. The summed E-state index contributed by atoms with van der Waals surface area (Å²) in [5, 5.41) is 0. The number of sulfonamides is 1. The molecule has 2 rings (SSSR count). The van der Waals surface area contributed by atoms with E-state index in [9.17, 15) is 16.8 Å². The number of rotatable bonds is 7. The van der Waals surface area contributed by atoms with E-state index in [1.54, 1.807) is 30.3 Å². The molecule has 0 aromatic heterocycles.